The van der Waals surface area contributed by atoms with E-state index in [2.05, 4.69) is 4.74 Å². The molecule has 0 aromatic heterocycles. The lowest BCUT2D eigenvalue weighted by molar-refractivity contribution is -0.392. The predicted octanol–water partition coefficient (Wildman–Crippen LogP) is 5.04. The van der Waals surface area contributed by atoms with E-state index in [1.54, 1.807) is 0 Å². The Morgan fingerprint density at radius 2 is 1.30 bits per heavy atom. The van der Waals surface area contributed by atoms with E-state index < -0.39 is 64.6 Å². The average molecular weight is 462 g/mol. The molecule has 1 aromatic carbocycles. The van der Waals surface area contributed by atoms with Crippen LogP contribution in [0.25, 0.3) is 0 Å². The van der Waals surface area contributed by atoms with Crippen molar-refractivity contribution in [2.75, 3.05) is 0 Å². The zero-order valence-electron chi connectivity index (χ0n) is 13.5. The largest absolute Gasteiger partial charge is 0.478 e. The Balaban J connectivity index is 3.54. The number of carboxylic acids is 2. The van der Waals surface area contributed by atoms with Crippen LogP contribution in [0.3, 0.4) is 0 Å². The first-order valence-electron chi connectivity index (χ1n) is 6.84. The van der Waals surface area contributed by atoms with Crippen molar-refractivity contribution in [3.63, 3.8) is 0 Å². The summed E-state index contributed by atoms with van der Waals surface area (Å²) in [6, 6.07) is -2.05. The quantitative estimate of drug-likeness (QED) is 0.439. The van der Waals surface area contributed by atoms with Gasteiger partial charge in [-0.2, -0.15) is 48.3 Å². The molecule has 5 nitrogen and oxygen atoms in total. The summed E-state index contributed by atoms with van der Waals surface area (Å²) in [6.07, 6.45) is -7.30. The number of allylic oxidation sites excluding steroid dienone is 1. The van der Waals surface area contributed by atoms with Crippen LogP contribution in [0, 0.1) is 0 Å². The number of carbonyl (C=O) groups is 2. The van der Waals surface area contributed by atoms with Gasteiger partial charge in [0.1, 0.15) is 11.3 Å². The molecule has 0 amide bonds. The Bertz CT molecular complexity index is 889. The first kappa shape index (κ1) is 25.0. The van der Waals surface area contributed by atoms with Gasteiger partial charge in [0.25, 0.3) is 0 Å². The molecule has 0 aliphatic heterocycles. The predicted molar refractivity (Wildman–Crippen MR) is 71.1 cm³/mol. The maximum absolute atomic E-state index is 13.6. The van der Waals surface area contributed by atoms with Crippen LogP contribution in [0.2, 0.25) is 0 Å². The molecule has 30 heavy (non-hydrogen) atoms. The lowest BCUT2D eigenvalue weighted by atomic mass is 10.0. The summed E-state index contributed by atoms with van der Waals surface area (Å²) < 4.78 is 145. The second kappa shape index (κ2) is 7.64. The minimum atomic E-state index is -7.55. The van der Waals surface area contributed by atoms with Crippen LogP contribution >= 0.6 is 0 Å². The van der Waals surface area contributed by atoms with Crippen molar-refractivity contribution < 1.29 is 72.8 Å². The van der Waals surface area contributed by atoms with E-state index in [4.69, 9.17) is 10.2 Å². The molecule has 2 N–H and O–H groups in total. The molecule has 1 rings (SSSR count). The zero-order chi connectivity index (χ0) is 23.9. The fourth-order valence-corrected chi connectivity index (χ4v) is 1.79. The van der Waals surface area contributed by atoms with Crippen molar-refractivity contribution in [2.45, 2.75) is 23.9 Å². The Morgan fingerprint density at radius 3 is 1.70 bits per heavy atom. The number of alkyl halides is 9. The van der Waals surface area contributed by atoms with Gasteiger partial charge in [-0.3, -0.25) is 0 Å². The van der Waals surface area contributed by atoms with E-state index in [1.807, 2.05) is 0 Å². The fourth-order valence-electron chi connectivity index (χ4n) is 1.79. The molecule has 0 spiro atoms. The second-order valence-corrected chi connectivity index (χ2v) is 5.20. The number of ether oxygens (including phenoxy) is 1. The van der Waals surface area contributed by atoms with Gasteiger partial charge in [0.2, 0.25) is 5.83 Å². The molecule has 0 bridgehead atoms. The zero-order valence-corrected chi connectivity index (χ0v) is 13.5. The monoisotopic (exact) mass is 462 g/mol. The van der Waals surface area contributed by atoms with Crippen molar-refractivity contribution in [2.24, 2.45) is 0 Å². The third-order valence-corrected chi connectivity index (χ3v) is 3.26. The minimum Gasteiger partial charge on any atom is -0.478 e. The first-order chi connectivity index (χ1) is 13.3. The molecular weight excluding hydrogens is 457 g/mol. The minimum absolute atomic E-state index is 0.323. The second-order valence-electron chi connectivity index (χ2n) is 5.20. The molecule has 0 unspecified atom stereocenters. The molecule has 0 atom stereocenters. The Morgan fingerprint density at radius 1 is 0.800 bits per heavy atom. The number of carboxylic acid groups (broad SMARTS) is 2. The van der Waals surface area contributed by atoms with Gasteiger partial charge in [0.15, 0.2) is 0 Å². The van der Waals surface area contributed by atoms with E-state index in [0.717, 1.165) is 0 Å². The highest BCUT2D eigenvalue weighted by molar-refractivity contribution is 6.03. The Kier molecular flexibility index (Phi) is 6.36. The number of rotatable bonds is 7. The number of hydrogen-bond acceptors (Lipinski definition) is 3. The topological polar surface area (TPSA) is 83.8 Å². The van der Waals surface area contributed by atoms with Crippen molar-refractivity contribution in [1.29, 1.82) is 0 Å². The molecule has 0 heterocycles. The van der Waals surface area contributed by atoms with Crippen molar-refractivity contribution in [3.8, 4) is 5.75 Å². The summed E-state index contributed by atoms with van der Waals surface area (Å²) >= 11 is 0. The molecule has 0 fully saturated rings. The van der Waals surface area contributed by atoms with Crippen LogP contribution in [0.4, 0.5) is 48.3 Å². The summed E-state index contributed by atoms with van der Waals surface area (Å²) in [5.41, 5.74) is -2.70. The SMILES string of the molecule is O=C(O)c1cccc(OC(F)=C(F)C(F)(F)C(F)(F)C(F)(F)C(F)(F)F)c1C(=O)O. The highest BCUT2D eigenvalue weighted by Gasteiger charge is 2.83. The van der Waals surface area contributed by atoms with Crippen molar-refractivity contribution in [3.05, 3.63) is 41.2 Å². The van der Waals surface area contributed by atoms with E-state index in [0.29, 0.717) is 18.2 Å². The van der Waals surface area contributed by atoms with Gasteiger partial charge in [-0.05, 0) is 12.1 Å². The average Bonchev–Trinajstić information content (AvgIpc) is 2.58. The van der Waals surface area contributed by atoms with Crippen LogP contribution in [0.15, 0.2) is 30.0 Å². The summed E-state index contributed by atoms with van der Waals surface area (Å²) in [5, 5.41) is 17.6. The van der Waals surface area contributed by atoms with Crippen LogP contribution in [0.1, 0.15) is 20.7 Å². The molecular formula is C14H5F11O5. The van der Waals surface area contributed by atoms with Gasteiger partial charge < -0.3 is 14.9 Å². The summed E-state index contributed by atoms with van der Waals surface area (Å²) in [6.45, 7) is 0. The smallest absolute Gasteiger partial charge is 0.460 e. The van der Waals surface area contributed by atoms with Crippen molar-refractivity contribution in [1.82, 2.24) is 0 Å². The van der Waals surface area contributed by atoms with E-state index in [-0.39, 0.29) is 0 Å². The first-order valence-corrected chi connectivity index (χ1v) is 6.84. The van der Waals surface area contributed by atoms with E-state index in [1.165, 1.54) is 0 Å². The van der Waals surface area contributed by atoms with Gasteiger partial charge in [-0.25, -0.2) is 9.59 Å². The van der Waals surface area contributed by atoms with E-state index >= 15 is 0 Å². The van der Waals surface area contributed by atoms with Crippen LogP contribution in [-0.2, 0) is 0 Å². The third-order valence-electron chi connectivity index (χ3n) is 3.26. The molecule has 0 radical (unpaired) electrons. The van der Waals surface area contributed by atoms with E-state index in [9.17, 15) is 57.9 Å². The highest BCUT2D eigenvalue weighted by Crippen LogP contribution is 2.55. The lowest BCUT2D eigenvalue weighted by Crippen LogP contribution is -2.61. The lowest BCUT2D eigenvalue weighted by Gasteiger charge is -2.32. The summed E-state index contributed by atoms with van der Waals surface area (Å²) in [4.78, 5) is 21.9. The molecule has 0 aliphatic carbocycles. The third kappa shape index (κ3) is 3.97. The van der Waals surface area contributed by atoms with Gasteiger partial charge in [-0.15, -0.1) is 0 Å². The maximum atomic E-state index is 13.6. The van der Waals surface area contributed by atoms with Gasteiger partial charge >= 0.3 is 41.9 Å². The number of halogens is 11. The number of benzene rings is 1. The van der Waals surface area contributed by atoms with Gasteiger partial charge in [-0.1, -0.05) is 6.07 Å². The number of aromatic carboxylic acids is 2. The molecule has 0 aliphatic rings. The van der Waals surface area contributed by atoms with Crippen LogP contribution < -0.4 is 4.74 Å². The van der Waals surface area contributed by atoms with Crippen LogP contribution in [0.5, 0.6) is 5.75 Å². The van der Waals surface area contributed by atoms with Crippen LogP contribution in [-0.4, -0.2) is 46.1 Å². The number of hydrogen-bond donors (Lipinski definition) is 2. The molecule has 1 aromatic rings. The normalized spacial score (nSPS) is 14.2. The Labute approximate surface area is 157 Å². The summed E-state index contributed by atoms with van der Waals surface area (Å²) in [7, 11) is 0. The molecule has 0 saturated carbocycles. The Hall–Kier alpha value is -3.07. The summed E-state index contributed by atoms with van der Waals surface area (Å²) in [5.74, 6) is -32.3. The fraction of sp³-hybridized carbons (Fsp3) is 0.286. The highest BCUT2D eigenvalue weighted by atomic mass is 19.4. The van der Waals surface area contributed by atoms with Gasteiger partial charge in [0, 0.05) is 0 Å². The molecule has 168 valence electrons. The maximum Gasteiger partial charge on any atom is 0.460 e. The van der Waals surface area contributed by atoms with Crippen molar-refractivity contribution >= 4 is 11.9 Å². The standard InChI is InChI=1S/C14H5F11O5/c15-7(11(17,18)12(19,20)13(21,22)14(23,24)25)8(16)30-5-3-1-2-4(9(26)27)6(5)10(28)29/h1-3H,(H,26,27)(H,28,29). The molecule has 0 saturated heterocycles. The van der Waals surface area contributed by atoms with Gasteiger partial charge in [0.05, 0.1) is 5.56 Å². The molecule has 16 heteroatoms.